The van der Waals surface area contributed by atoms with E-state index in [0.717, 1.165) is 16.3 Å². The molecule has 1 aliphatic heterocycles. The van der Waals surface area contributed by atoms with Crippen LogP contribution in [0.1, 0.15) is 18.9 Å². The average Bonchev–Trinajstić information content (AvgIpc) is 2.53. The standard InChI is InChI=1S/C16H18N2O2S2/c1-11(19)18-7-6-15(20)14(9-18)16(22-2)17-13-5-3-4-12(8-13)10-21/h3-5,8,10,17H,6-7,9H2,1-2H3/b16-14-. The molecule has 1 aromatic rings. The first-order chi connectivity index (χ1) is 10.5. The summed E-state index contributed by atoms with van der Waals surface area (Å²) in [4.78, 5) is 25.5. The molecule has 1 fully saturated rings. The minimum atomic E-state index is -0.00634. The Hall–Kier alpha value is -1.66. The van der Waals surface area contributed by atoms with Gasteiger partial charge in [-0.3, -0.25) is 9.59 Å². The third-order valence-corrected chi connectivity index (χ3v) is 4.53. The average molecular weight is 334 g/mol. The van der Waals surface area contributed by atoms with Crippen molar-refractivity contribution in [2.45, 2.75) is 13.3 Å². The highest BCUT2D eigenvalue weighted by atomic mass is 32.2. The number of ketones is 1. The summed E-state index contributed by atoms with van der Waals surface area (Å²) in [5.74, 6) is 0.0912. The Morgan fingerprint density at radius 3 is 2.86 bits per heavy atom. The van der Waals surface area contributed by atoms with Crippen LogP contribution < -0.4 is 5.32 Å². The number of hydrogen-bond donors (Lipinski definition) is 1. The molecule has 1 N–H and O–H groups in total. The minimum Gasteiger partial charge on any atom is -0.350 e. The van der Waals surface area contributed by atoms with E-state index in [1.165, 1.54) is 18.7 Å². The molecular weight excluding hydrogens is 316 g/mol. The quantitative estimate of drug-likeness (QED) is 0.678. The number of anilines is 1. The molecule has 2 rings (SSSR count). The Labute approximate surface area is 140 Å². The van der Waals surface area contributed by atoms with Crippen molar-refractivity contribution in [2.75, 3.05) is 24.7 Å². The van der Waals surface area contributed by atoms with Gasteiger partial charge in [0.1, 0.15) is 0 Å². The van der Waals surface area contributed by atoms with E-state index in [1.54, 1.807) is 10.3 Å². The fraction of sp³-hybridized carbons (Fsp3) is 0.312. The molecule has 0 atom stereocenters. The van der Waals surface area contributed by atoms with Gasteiger partial charge in [0.05, 0.1) is 11.6 Å². The van der Waals surface area contributed by atoms with E-state index >= 15 is 0 Å². The molecule has 0 spiro atoms. The molecule has 1 heterocycles. The fourth-order valence-corrected chi connectivity index (χ4v) is 3.07. The van der Waals surface area contributed by atoms with Crippen molar-refractivity contribution < 1.29 is 9.59 Å². The van der Waals surface area contributed by atoms with E-state index in [4.69, 9.17) is 12.2 Å². The summed E-state index contributed by atoms with van der Waals surface area (Å²) < 4.78 is 0. The van der Waals surface area contributed by atoms with E-state index in [9.17, 15) is 9.59 Å². The van der Waals surface area contributed by atoms with Crippen molar-refractivity contribution in [1.29, 1.82) is 0 Å². The number of thiocarbonyl (C=S) groups is 1. The van der Waals surface area contributed by atoms with Gasteiger partial charge in [-0.15, -0.1) is 11.8 Å². The Balaban J connectivity index is 2.29. The summed E-state index contributed by atoms with van der Waals surface area (Å²) in [6.07, 6.45) is 2.29. The first kappa shape index (κ1) is 16.7. The number of likely N-dealkylation sites (tertiary alicyclic amines) is 1. The summed E-state index contributed by atoms with van der Waals surface area (Å²) in [6, 6.07) is 7.69. The predicted molar refractivity (Wildman–Crippen MR) is 95.2 cm³/mol. The first-order valence-electron chi connectivity index (χ1n) is 6.93. The van der Waals surface area contributed by atoms with Gasteiger partial charge in [0.15, 0.2) is 5.78 Å². The second kappa shape index (κ2) is 7.56. The summed E-state index contributed by atoms with van der Waals surface area (Å²) in [5, 5.41) is 5.68. The van der Waals surface area contributed by atoms with Crippen molar-refractivity contribution in [3.05, 3.63) is 40.4 Å². The molecule has 4 nitrogen and oxygen atoms in total. The lowest BCUT2D eigenvalue weighted by Gasteiger charge is -2.28. The highest BCUT2D eigenvalue weighted by Gasteiger charge is 2.25. The van der Waals surface area contributed by atoms with Gasteiger partial charge in [0, 0.05) is 36.5 Å². The van der Waals surface area contributed by atoms with Crippen molar-refractivity contribution in [1.82, 2.24) is 4.90 Å². The van der Waals surface area contributed by atoms with Crippen LogP contribution in [0.25, 0.3) is 0 Å². The van der Waals surface area contributed by atoms with E-state index in [2.05, 4.69) is 5.32 Å². The van der Waals surface area contributed by atoms with Gasteiger partial charge >= 0.3 is 0 Å². The number of amides is 1. The van der Waals surface area contributed by atoms with Gasteiger partial charge < -0.3 is 10.2 Å². The monoisotopic (exact) mass is 334 g/mol. The van der Waals surface area contributed by atoms with Gasteiger partial charge in [0.25, 0.3) is 0 Å². The van der Waals surface area contributed by atoms with Gasteiger partial charge in [-0.2, -0.15) is 0 Å². The second-order valence-electron chi connectivity index (χ2n) is 4.99. The third kappa shape index (κ3) is 3.96. The Morgan fingerprint density at radius 2 is 2.23 bits per heavy atom. The van der Waals surface area contributed by atoms with Crippen LogP contribution in [0.15, 0.2) is 34.9 Å². The highest BCUT2D eigenvalue weighted by molar-refractivity contribution is 8.02. The highest BCUT2D eigenvalue weighted by Crippen LogP contribution is 2.25. The number of carbonyl (C=O) groups excluding carboxylic acids is 2. The largest absolute Gasteiger partial charge is 0.350 e. The van der Waals surface area contributed by atoms with Crippen LogP contribution in [0.5, 0.6) is 0 Å². The molecule has 0 radical (unpaired) electrons. The number of Topliss-reactive ketones (excluding diaryl/α,β-unsaturated/α-hetero) is 1. The normalized spacial score (nSPS) is 17.2. The van der Waals surface area contributed by atoms with Crippen LogP contribution in [0.3, 0.4) is 0 Å². The SMILES string of the molecule is CS/C(Nc1cccc(C=S)c1)=C1/CN(C(C)=O)CCC1=O. The maximum Gasteiger partial charge on any atom is 0.219 e. The molecule has 0 aromatic heterocycles. The van der Waals surface area contributed by atoms with Crippen LogP contribution in [0.4, 0.5) is 5.69 Å². The molecule has 1 saturated heterocycles. The molecule has 1 aliphatic rings. The molecule has 1 aromatic carbocycles. The van der Waals surface area contributed by atoms with Gasteiger partial charge in [-0.1, -0.05) is 24.4 Å². The molecule has 22 heavy (non-hydrogen) atoms. The smallest absolute Gasteiger partial charge is 0.219 e. The molecule has 0 bridgehead atoms. The van der Waals surface area contributed by atoms with Crippen LogP contribution in [-0.4, -0.2) is 41.3 Å². The van der Waals surface area contributed by atoms with Crippen LogP contribution in [-0.2, 0) is 9.59 Å². The summed E-state index contributed by atoms with van der Waals surface area (Å²) >= 11 is 6.42. The summed E-state index contributed by atoms with van der Waals surface area (Å²) in [5.41, 5.74) is 2.48. The number of piperidine rings is 1. The van der Waals surface area contributed by atoms with Crippen molar-refractivity contribution in [3.8, 4) is 0 Å². The number of carbonyl (C=O) groups is 2. The number of nitrogens with one attached hydrogen (secondary N) is 1. The summed E-state index contributed by atoms with van der Waals surface area (Å²) in [6.45, 7) is 2.40. The zero-order chi connectivity index (χ0) is 16.1. The first-order valence-corrected chi connectivity index (χ1v) is 8.63. The molecule has 0 aliphatic carbocycles. The second-order valence-corrected chi connectivity index (χ2v) is 6.05. The number of rotatable bonds is 4. The molecule has 116 valence electrons. The van der Waals surface area contributed by atoms with E-state index in [-0.39, 0.29) is 11.7 Å². The maximum absolute atomic E-state index is 12.2. The Kier molecular flexibility index (Phi) is 5.74. The van der Waals surface area contributed by atoms with Gasteiger partial charge in [-0.05, 0) is 24.0 Å². The van der Waals surface area contributed by atoms with Crippen molar-refractivity contribution in [3.63, 3.8) is 0 Å². The lowest BCUT2D eigenvalue weighted by atomic mass is 10.0. The van der Waals surface area contributed by atoms with Crippen LogP contribution >= 0.6 is 24.0 Å². The maximum atomic E-state index is 12.2. The summed E-state index contributed by atoms with van der Waals surface area (Å²) in [7, 11) is 0. The Morgan fingerprint density at radius 1 is 1.45 bits per heavy atom. The van der Waals surface area contributed by atoms with E-state index in [1.807, 2.05) is 30.5 Å². The minimum absolute atomic E-state index is 0.00634. The predicted octanol–water partition coefficient (Wildman–Crippen LogP) is 2.84. The van der Waals surface area contributed by atoms with Crippen molar-refractivity contribution in [2.24, 2.45) is 0 Å². The zero-order valence-corrected chi connectivity index (χ0v) is 14.2. The van der Waals surface area contributed by atoms with Crippen molar-refractivity contribution >= 4 is 46.7 Å². The Bertz CT molecular complexity index is 641. The van der Waals surface area contributed by atoms with E-state index in [0.29, 0.717) is 25.1 Å². The number of thioether (sulfide) groups is 1. The lowest BCUT2D eigenvalue weighted by Crippen LogP contribution is -2.39. The number of nitrogens with zero attached hydrogens (tertiary/aromatic N) is 1. The van der Waals surface area contributed by atoms with E-state index < -0.39 is 0 Å². The topological polar surface area (TPSA) is 49.4 Å². The number of hydrogen-bond acceptors (Lipinski definition) is 5. The lowest BCUT2D eigenvalue weighted by molar-refractivity contribution is -0.130. The van der Waals surface area contributed by atoms with Crippen LogP contribution in [0, 0.1) is 0 Å². The molecule has 6 heteroatoms. The number of benzene rings is 1. The molecule has 0 saturated carbocycles. The van der Waals surface area contributed by atoms with Crippen LogP contribution in [0.2, 0.25) is 0 Å². The zero-order valence-electron chi connectivity index (χ0n) is 12.6. The van der Waals surface area contributed by atoms with Gasteiger partial charge in [0.2, 0.25) is 5.91 Å². The third-order valence-electron chi connectivity index (χ3n) is 3.50. The van der Waals surface area contributed by atoms with Gasteiger partial charge in [-0.25, -0.2) is 0 Å². The molecule has 1 amide bonds. The molecular formula is C16H18N2O2S2. The fourth-order valence-electron chi connectivity index (χ4n) is 2.28. The molecule has 0 unspecified atom stereocenters.